The van der Waals surface area contributed by atoms with Crippen LogP contribution in [0.4, 0.5) is 15.8 Å². The summed E-state index contributed by atoms with van der Waals surface area (Å²) in [5.74, 6) is -1.05. The van der Waals surface area contributed by atoms with E-state index in [2.05, 4.69) is 10.6 Å². The van der Waals surface area contributed by atoms with E-state index in [4.69, 9.17) is 0 Å². The standard InChI is InChI=1S/C20H24FN3O2/c1-13(2)12-22-19(25)16-11-14(9-10-18(16)24(3)4)23-20(26)15-7-5-6-8-17(15)21/h5-11,13H,12H2,1-4H3,(H,22,25)(H,23,26). The molecule has 2 aromatic rings. The third kappa shape index (κ3) is 4.81. The minimum Gasteiger partial charge on any atom is -0.377 e. The number of nitrogens with zero attached hydrogens (tertiary/aromatic N) is 1. The third-order valence-corrected chi connectivity index (χ3v) is 3.77. The number of hydrogen-bond acceptors (Lipinski definition) is 3. The molecule has 2 N–H and O–H groups in total. The number of halogens is 1. The van der Waals surface area contributed by atoms with Gasteiger partial charge in [0.05, 0.1) is 11.1 Å². The summed E-state index contributed by atoms with van der Waals surface area (Å²) in [5.41, 5.74) is 1.56. The largest absolute Gasteiger partial charge is 0.377 e. The highest BCUT2D eigenvalue weighted by atomic mass is 19.1. The molecule has 0 aliphatic carbocycles. The number of anilines is 2. The number of nitrogens with one attached hydrogen (secondary N) is 2. The number of hydrogen-bond donors (Lipinski definition) is 2. The van der Waals surface area contributed by atoms with E-state index in [1.165, 1.54) is 18.2 Å². The normalized spacial score (nSPS) is 10.5. The highest BCUT2D eigenvalue weighted by Gasteiger charge is 2.16. The molecule has 0 atom stereocenters. The molecule has 0 bridgehead atoms. The Labute approximate surface area is 153 Å². The van der Waals surface area contributed by atoms with E-state index < -0.39 is 11.7 Å². The molecular formula is C20H24FN3O2. The van der Waals surface area contributed by atoms with Crippen LogP contribution < -0.4 is 15.5 Å². The van der Waals surface area contributed by atoms with Crippen LogP contribution in [0.2, 0.25) is 0 Å². The molecule has 0 spiro atoms. The van der Waals surface area contributed by atoms with Gasteiger partial charge in [0.2, 0.25) is 0 Å². The molecule has 2 rings (SSSR count). The minimum atomic E-state index is -0.593. The van der Waals surface area contributed by atoms with Gasteiger partial charge in [-0.05, 0) is 36.2 Å². The number of rotatable bonds is 6. The summed E-state index contributed by atoms with van der Waals surface area (Å²) in [4.78, 5) is 26.6. The topological polar surface area (TPSA) is 61.4 Å². The number of benzene rings is 2. The Morgan fingerprint density at radius 1 is 1.04 bits per heavy atom. The molecule has 2 amide bonds. The monoisotopic (exact) mass is 357 g/mol. The van der Waals surface area contributed by atoms with Crippen molar-refractivity contribution in [3.8, 4) is 0 Å². The fourth-order valence-corrected chi connectivity index (χ4v) is 2.42. The van der Waals surface area contributed by atoms with E-state index in [-0.39, 0.29) is 11.5 Å². The molecule has 5 nitrogen and oxygen atoms in total. The van der Waals surface area contributed by atoms with Gasteiger partial charge in [-0.1, -0.05) is 26.0 Å². The van der Waals surface area contributed by atoms with E-state index in [1.54, 1.807) is 24.3 Å². The first-order valence-electron chi connectivity index (χ1n) is 8.45. The van der Waals surface area contributed by atoms with Crippen LogP contribution >= 0.6 is 0 Å². The van der Waals surface area contributed by atoms with Crippen LogP contribution in [0.5, 0.6) is 0 Å². The van der Waals surface area contributed by atoms with E-state index in [0.29, 0.717) is 23.7 Å². The molecule has 0 aliphatic rings. The fourth-order valence-electron chi connectivity index (χ4n) is 2.42. The number of carbonyl (C=O) groups excluding carboxylic acids is 2. The number of carbonyl (C=O) groups is 2. The van der Waals surface area contributed by atoms with Gasteiger partial charge < -0.3 is 15.5 Å². The van der Waals surface area contributed by atoms with Crippen molar-refractivity contribution in [3.05, 3.63) is 59.4 Å². The molecule has 0 heterocycles. The zero-order valence-electron chi connectivity index (χ0n) is 15.5. The van der Waals surface area contributed by atoms with E-state index in [0.717, 1.165) is 5.69 Å². The molecule has 0 aliphatic heterocycles. The maximum absolute atomic E-state index is 13.8. The van der Waals surface area contributed by atoms with Crippen molar-refractivity contribution in [2.24, 2.45) is 5.92 Å². The van der Waals surface area contributed by atoms with Crippen LogP contribution in [0.15, 0.2) is 42.5 Å². The average Bonchev–Trinajstić information content (AvgIpc) is 2.59. The van der Waals surface area contributed by atoms with E-state index in [1.807, 2.05) is 32.8 Å². The van der Waals surface area contributed by atoms with E-state index >= 15 is 0 Å². The van der Waals surface area contributed by atoms with Crippen LogP contribution in [-0.2, 0) is 0 Å². The van der Waals surface area contributed by atoms with Crippen LogP contribution in [0.1, 0.15) is 34.6 Å². The van der Waals surface area contributed by atoms with Crippen LogP contribution in [-0.4, -0.2) is 32.5 Å². The van der Waals surface area contributed by atoms with Crippen molar-refractivity contribution < 1.29 is 14.0 Å². The van der Waals surface area contributed by atoms with Crippen molar-refractivity contribution in [2.45, 2.75) is 13.8 Å². The lowest BCUT2D eigenvalue weighted by atomic mass is 10.1. The second-order valence-electron chi connectivity index (χ2n) is 6.66. The van der Waals surface area contributed by atoms with Gasteiger partial charge in [0.15, 0.2) is 0 Å². The molecule has 0 fully saturated rings. The maximum Gasteiger partial charge on any atom is 0.258 e. The lowest BCUT2D eigenvalue weighted by molar-refractivity contribution is 0.0948. The molecular weight excluding hydrogens is 333 g/mol. The Bertz CT molecular complexity index is 803. The van der Waals surface area contributed by atoms with Gasteiger partial charge in [-0.25, -0.2) is 4.39 Å². The summed E-state index contributed by atoms with van der Waals surface area (Å²) in [6.07, 6.45) is 0. The molecule has 0 aromatic heterocycles. The van der Waals surface area contributed by atoms with Crippen LogP contribution in [0.25, 0.3) is 0 Å². The minimum absolute atomic E-state index is 0.0463. The van der Waals surface area contributed by atoms with Crippen LogP contribution in [0.3, 0.4) is 0 Å². The highest BCUT2D eigenvalue weighted by molar-refractivity contribution is 6.06. The van der Waals surface area contributed by atoms with Gasteiger partial charge in [0.1, 0.15) is 5.82 Å². The van der Waals surface area contributed by atoms with Gasteiger partial charge in [-0.2, -0.15) is 0 Å². The maximum atomic E-state index is 13.8. The quantitative estimate of drug-likeness (QED) is 0.831. The Hall–Kier alpha value is -2.89. The zero-order chi connectivity index (χ0) is 19.3. The van der Waals surface area contributed by atoms with Crippen molar-refractivity contribution >= 4 is 23.2 Å². The first kappa shape index (κ1) is 19.4. The van der Waals surface area contributed by atoms with Crippen LogP contribution in [0, 0.1) is 11.7 Å². The third-order valence-electron chi connectivity index (χ3n) is 3.77. The molecule has 0 unspecified atom stereocenters. The highest BCUT2D eigenvalue weighted by Crippen LogP contribution is 2.23. The van der Waals surface area contributed by atoms with Gasteiger partial charge in [-0.3, -0.25) is 9.59 Å². The summed E-state index contributed by atoms with van der Waals surface area (Å²) in [7, 11) is 3.68. The van der Waals surface area contributed by atoms with Crippen molar-refractivity contribution in [1.82, 2.24) is 5.32 Å². The van der Waals surface area contributed by atoms with Gasteiger partial charge in [0.25, 0.3) is 11.8 Å². The predicted molar refractivity (Wildman–Crippen MR) is 102 cm³/mol. The predicted octanol–water partition coefficient (Wildman–Crippen LogP) is 3.53. The summed E-state index contributed by atoms with van der Waals surface area (Å²) in [6, 6.07) is 10.8. The molecule has 6 heteroatoms. The lowest BCUT2D eigenvalue weighted by Gasteiger charge is -2.19. The number of amides is 2. The van der Waals surface area contributed by atoms with Gasteiger partial charge in [0, 0.05) is 32.0 Å². The first-order chi connectivity index (χ1) is 12.3. The summed E-state index contributed by atoms with van der Waals surface area (Å²) < 4.78 is 13.8. The Morgan fingerprint density at radius 2 is 1.73 bits per heavy atom. The second-order valence-corrected chi connectivity index (χ2v) is 6.66. The Balaban J connectivity index is 2.27. The summed E-state index contributed by atoms with van der Waals surface area (Å²) in [5, 5.41) is 5.52. The van der Waals surface area contributed by atoms with Crippen molar-refractivity contribution in [2.75, 3.05) is 30.9 Å². The van der Waals surface area contributed by atoms with E-state index in [9.17, 15) is 14.0 Å². The van der Waals surface area contributed by atoms with Gasteiger partial charge >= 0.3 is 0 Å². The second kappa shape index (κ2) is 8.47. The fraction of sp³-hybridized carbons (Fsp3) is 0.300. The molecule has 26 heavy (non-hydrogen) atoms. The SMILES string of the molecule is CC(C)CNC(=O)c1cc(NC(=O)c2ccccc2F)ccc1N(C)C. The molecule has 0 radical (unpaired) electrons. The Kier molecular flexibility index (Phi) is 6.33. The zero-order valence-corrected chi connectivity index (χ0v) is 15.5. The van der Waals surface area contributed by atoms with Gasteiger partial charge in [-0.15, -0.1) is 0 Å². The van der Waals surface area contributed by atoms with Crippen molar-refractivity contribution in [1.29, 1.82) is 0 Å². The summed E-state index contributed by atoms with van der Waals surface area (Å²) >= 11 is 0. The summed E-state index contributed by atoms with van der Waals surface area (Å²) in [6.45, 7) is 4.58. The Morgan fingerprint density at radius 3 is 2.35 bits per heavy atom. The molecule has 0 saturated heterocycles. The molecule has 2 aromatic carbocycles. The molecule has 0 saturated carbocycles. The average molecular weight is 357 g/mol. The molecule has 138 valence electrons. The first-order valence-corrected chi connectivity index (χ1v) is 8.45. The smallest absolute Gasteiger partial charge is 0.258 e. The lowest BCUT2D eigenvalue weighted by Crippen LogP contribution is -2.29. The van der Waals surface area contributed by atoms with Crippen molar-refractivity contribution in [3.63, 3.8) is 0 Å².